The number of ether oxygens (including phenoxy) is 1. The molecule has 0 aliphatic rings. The van der Waals surface area contributed by atoms with Crippen molar-refractivity contribution < 1.29 is 27.1 Å². The predicted molar refractivity (Wildman–Crippen MR) is 51.9 cm³/mol. The van der Waals surface area contributed by atoms with Gasteiger partial charge in [-0.05, 0) is 6.92 Å². The van der Waals surface area contributed by atoms with E-state index in [2.05, 4.69) is 4.74 Å². The minimum atomic E-state index is -1.93. The van der Waals surface area contributed by atoms with Gasteiger partial charge in [0.2, 0.25) is 11.6 Å². The van der Waals surface area contributed by atoms with Gasteiger partial charge in [-0.25, -0.2) is 8.78 Å². The van der Waals surface area contributed by atoms with Gasteiger partial charge in [-0.15, -0.1) is 0 Å². The second kappa shape index (κ2) is 5.49. The molecule has 0 aliphatic heterocycles. The number of benzene rings is 1. The third-order valence-electron chi connectivity index (χ3n) is 2.13. The first-order valence-corrected chi connectivity index (χ1v) is 4.83. The number of nitrogens with zero attached hydrogens (tertiary/aromatic N) is 1. The van der Waals surface area contributed by atoms with E-state index in [1.807, 2.05) is 0 Å². The van der Waals surface area contributed by atoms with Crippen LogP contribution in [-0.2, 0) is 4.79 Å². The van der Waals surface area contributed by atoms with Gasteiger partial charge in [0.25, 0.3) is 0 Å². The summed E-state index contributed by atoms with van der Waals surface area (Å²) in [5.74, 6) is -10.3. The van der Waals surface area contributed by atoms with Gasteiger partial charge < -0.3 is 9.53 Å². The smallest absolute Gasteiger partial charge is 0.204 e. The molecule has 0 saturated carbocycles. The molecule has 1 aromatic rings. The molecule has 96 valence electrons. The molecule has 0 radical (unpaired) electrons. The number of nitriles is 1. The van der Waals surface area contributed by atoms with E-state index in [1.54, 1.807) is 0 Å². The standard InChI is InChI=1S/C11H7F4NO2/c1-2-18-11-9(14)7(12)6(5(3-16)4-17)8(13)10(11)15/h4-5H,2H2,1H3. The third kappa shape index (κ3) is 2.14. The van der Waals surface area contributed by atoms with Crippen LogP contribution in [-0.4, -0.2) is 12.9 Å². The van der Waals surface area contributed by atoms with E-state index in [9.17, 15) is 22.4 Å². The van der Waals surface area contributed by atoms with Gasteiger partial charge in [-0.3, -0.25) is 0 Å². The lowest BCUT2D eigenvalue weighted by molar-refractivity contribution is -0.108. The highest BCUT2D eigenvalue weighted by Crippen LogP contribution is 2.33. The number of aldehydes is 1. The van der Waals surface area contributed by atoms with Crippen LogP contribution < -0.4 is 4.74 Å². The Morgan fingerprint density at radius 2 is 1.72 bits per heavy atom. The molecule has 0 saturated heterocycles. The van der Waals surface area contributed by atoms with Crippen molar-refractivity contribution in [1.29, 1.82) is 5.26 Å². The van der Waals surface area contributed by atoms with Gasteiger partial charge in [0.05, 0.1) is 18.2 Å². The molecule has 1 rings (SSSR count). The molecule has 0 aromatic heterocycles. The molecule has 0 bridgehead atoms. The average molecular weight is 261 g/mol. The SMILES string of the molecule is CCOc1c(F)c(F)c(C(C#N)C=O)c(F)c1F. The first-order chi connectivity index (χ1) is 8.49. The van der Waals surface area contributed by atoms with E-state index >= 15 is 0 Å². The first-order valence-electron chi connectivity index (χ1n) is 4.83. The van der Waals surface area contributed by atoms with E-state index in [0.717, 1.165) is 0 Å². The molecular weight excluding hydrogens is 254 g/mol. The highest BCUT2D eigenvalue weighted by Gasteiger charge is 2.30. The summed E-state index contributed by atoms with van der Waals surface area (Å²) >= 11 is 0. The largest absolute Gasteiger partial charge is 0.488 e. The number of hydrogen-bond donors (Lipinski definition) is 0. The Morgan fingerprint density at radius 3 is 2.06 bits per heavy atom. The monoisotopic (exact) mass is 261 g/mol. The zero-order valence-corrected chi connectivity index (χ0v) is 9.14. The zero-order chi connectivity index (χ0) is 13.9. The maximum Gasteiger partial charge on any atom is 0.204 e. The van der Waals surface area contributed by atoms with Crippen LogP contribution in [0.3, 0.4) is 0 Å². The van der Waals surface area contributed by atoms with E-state index in [-0.39, 0.29) is 12.9 Å². The fraction of sp³-hybridized carbons (Fsp3) is 0.273. The van der Waals surface area contributed by atoms with Crippen LogP contribution in [0.4, 0.5) is 17.6 Å². The van der Waals surface area contributed by atoms with Crippen LogP contribution in [0, 0.1) is 34.6 Å². The summed E-state index contributed by atoms with van der Waals surface area (Å²) in [6.45, 7) is 1.16. The van der Waals surface area contributed by atoms with Crippen molar-refractivity contribution >= 4 is 6.29 Å². The average Bonchev–Trinajstić information content (AvgIpc) is 2.37. The molecule has 1 aromatic carbocycles. The van der Waals surface area contributed by atoms with Crippen LogP contribution in [0.2, 0.25) is 0 Å². The normalized spacial score (nSPS) is 11.8. The van der Waals surface area contributed by atoms with Gasteiger partial charge in [-0.2, -0.15) is 14.0 Å². The molecule has 18 heavy (non-hydrogen) atoms. The number of hydrogen-bond acceptors (Lipinski definition) is 3. The summed E-state index contributed by atoms with van der Waals surface area (Å²) in [5, 5.41) is 8.49. The maximum atomic E-state index is 13.5. The Hall–Kier alpha value is -2.10. The van der Waals surface area contributed by atoms with Gasteiger partial charge in [-0.1, -0.05) is 0 Å². The van der Waals surface area contributed by atoms with E-state index in [4.69, 9.17) is 5.26 Å². The Morgan fingerprint density at radius 1 is 1.22 bits per heavy atom. The quantitative estimate of drug-likeness (QED) is 0.475. The fourth-order valence-electron chi connectivity index (χ4n) is 1.34. The van der Waals surface area contributed by atoms with Gasteiger partial charge in [0.15, 0.2) is 17.4 Å². The molecule has 3 nitrogen and oxygen atoms in total. The lowest BCUT2D eigenvalue weighted by atomic mass is 10.00. The number of carbonyl (C=O) groups is 1. The van der Waals surface area contributed by atoms with Crippen molar-refractivity contribution in [3.05, 3.63) is 28.8 Å². The van der Waals surface area contributed by atoms with E-state index < -0.39 is 40.5 Å². The van der Waals surface area contributed by atoms with Crippen LogP contribution in [0.15, 0.2) is 0 Å². The van der Waals surface area contributed by atoms with Crippen molar-refractivity contribution in [2.75, 3.05) is 6.61 Å². The topological polar surface area (TPSA) is 50.1 Å². The minimum Gasteiger partial charge on any atom is -0.488 e. The van der Waals surface area contributed by atoms with E-state index in [1.165, 1.54) is 13.0 Å². The molecule has 1 unspecified atom stereocenters. The first kappa shape index (κ1) is 14.0. The van der Waals surface area contributed by atoms with E-state index in [0.29, 0.717) is 0 Å². The van der Waals surface area contributed by atoms with Crippen LogP contribution in [0.1, 0.15) is 18.4 Å². The predicted octanol–water partition coefficient (Wildman–Crippen LogP) is 2.45. The highest BCUT2D eigenvalue weighted by atomic mass is 19.2. The molecule has 0 fully saturated rings. The molecule has 0 spiro atoms. The summed E-state index contributed by atoms with van der Waals surface area (Å²) < 4.78 is 58.2. The Labute approximate surface area is 99.6 Å². The fourth-order valence-corrected chi connectivity index (χ4v) is 1.34. The summed E-state index contributed by atoms with van der Waals surface area (Å²) in [4.78, 5) is 10.4. The van der Waals surface area contributed by atoms with Gasteiger partial charge in [0, 0.05) is 0 Å². The molecule has 7 heteroatoms. The van der Waals surface area contributed by atoms with Crippen molar-refractivity contribution in [3.8, 4) is 11.8 Å². The van der Waals surface area contributed by atoms with Gasteiger partial charge in [0.1, 0.15) is 12.2 Å². The number of halogens is 4. The van der Waals surface area contributed by atoms with Gasteiger partial charge >= 0.3 is 0 Å². The Balaban J connectivity index is 3.58. The second-order valence-corrected chi connectivity index (χ2v) is 3.17. The molecule has 0 aliphatic carbocycles. The summed E-state index contributed by atoms with van der Waals surface area (Å²) in [6.07, 6.45) is -0.110. The Kier molecular flexibility index (Phi) is 4.26. The van der Waals surface area contributed by atoms with Crippen molar-refractivity contribution in [2.45, 2.75) is 12.8 Å². The van der Waals surface area contributed by atoms with Crippen LogP contribution in [0.25, 0.3) is 0 Å². The zero-order valence-electron chi connectivity index (χ0n) is 9.14. The van der Waals surface area contributed by atoms with Crippen molar-refractivity contribution in [2.24, 2.45) is 0 Å². The highest BCUT2D eigenvalue weighted by molar-refractivity contribution is 5.67. The molecule has 0 N–H and O–H groups in total. The van der Waals surface area contributed by atoms with Crippen LogP contribution in [0.5, 0.6) is 5.75 Å². The number of rotatable bonds is 4. The van der Waals surface area contributed by atoms with Crippen LogP contribution >= 0.6 is 0 Å². The second-order valence-electron chi connectivity index (χ2n) is 3.17. The lowest BCUT2D eigenvalue weighted by Crippen LogP contribution is -2.11. The van der Waals surface area contributed by atoms with Crippen molar-refractivity contribution in [1.82, 2.24) is 0 Å². The minimum absolute atomic E-state index is 0.110. The summed E-state index contributed by atoms with van der Waals surface area (Å²) in [5.41, 5.74) is -1.26. The molecular formula is C11H7F4NO2. The van der Waals surface area contributed by atoms with Crippen molar-refractivity contribution in [3.63, 3.8) is 0 Å². The third-order valence-corrected chi connectivity index (χ3v) is 2.13. The maximum absolute atomic E-state index is 13.5. The molecule has 1 atom stereocenters. The Bertz CT molecular complexity index is 496. The molecule has 0 amide bonds. The number of carbonyl (C=O) groups excluding carboxylic acids is 1. The molecule has 0 heterocycles. The lowest BCUT2D eigenvalue weighted by Gasteiger charge is -2.12. The summed E-state index contributed by atoms with van der Waals surface area (Å²) in [6, 6.07) is 1.23. The summed E-state index contributed by atoms with van der Waals surface area (Å²) in [7, 11) is 0.